The lowest BCUT2D eigenvalue weighted by Crippen LogP contribution is -2.16. The quantitative estimate of drug-likeness (QED) is 0.861. The van der Waals surface area contributed by atoms with Gasteiger partial charge in [0.1, 0.15) is 16.5 Å². The fraction of sp³-hybridized carbons (Fsp3) is 0.353. The Morgan fingerprint density at radius 3 is 2.38 bits per heavy atom. The largest absolute Gasteiger partial charge is 0.495 e. The third-order valence-electron chi connectivity index (χ3n) is 3.59. The predicted octanol–water partition coefficient (Wildman–Crippen LogP) is 4.05. The van der Waals surface area contributed by atoms with Crippen molar-refractivity contribution < 1.29 is 13.2 Å². The Morgan fingerprint density at radius 1 is 1.17 bits per heavy atom. The summed E-state index contributed by atoms with van der Waals surface area (Å²) in [5.74, 6) is 0.831. The van der Waals surface area contributed by atoms with E-state index in [0.717, 1.165) is 16.8 Å². The summed E-state index contributed by atoms with van der Waals surface area (Å²) in [4.78, 5) is 4.31. The van der Waals surface area contributed by atoms with Gasteiger partial charge < -0.3 is 4.74 Å². The number of nitrogens with one attached hydrogen (secondary N) is 1. The summed E-state index contributed by atoms with van der Waals surface area (Å²) in [5.41, 5.74) is 2.72. The van der Waals surface area contributed by atoms with E-state index in [9.17, 15) is 8.42 Å². The number of pyridine rings is 1. The van der Waals surface area contributed by atoms with Crippen LogP contribution in [0.2, 0.25) is 0 Å². The molecule has 1 aromatic heterocycles. The summed E-state index contributed by atoms with van der Waals surface area (Å²) in [6.45, 7) is 7.81. The van der Waals surface area contributed by atoms with Crippen LogP contribution in [0, 0.1) is 13.8 Å². The number of nitrogens with zero attached hydrogens (tertiary/aromatic N) is 1. The van der Waals surface area contributed by atoms with Crippen LogP contribution in [0.25, 0.3) is 0 Å². The minimum Gasteiger partial charge on any atom is -0.495 e. The van der Waals surface area contributed by atoms with Crippen LogP contribution in [-0.4, -0.2) is 20.5 Å². The normalized spacial score (nSPS) is 11.1. The molecule has 2 rings (SSSR count). The van der Waals surface area contributed by atoms with E-state index in [0.29, 0.717) is 11.6 Å². The molecule has 0 bridgehead atoms. The van der Waals surface area contributed by atoms with Gasteiger partial charge in [-0.15, -0.1) is 12.4 Å². The predicted molar refractivity (Wildman–Crippen MR) is 98.9 cm³/mol. The number of hydrogen-bond donors (Lipinski definition) is 1. The summed E-state index contributed by atoms with van der Waals surface area (Å²) in [6.07, 6.45) is 0. The van der Waals surface area contributed by atoms with Gasteiger partial charge in [0.15, 0.2) is 0 Å². The number of aryl methyl sites for hydroxylation is 2. The van der Waals surface area contributed by atoms with Crippen molar-refractivity contribution in [2.45, 2.75) is 38.5 Å². The zero-order valence-electron chi connectivity index (χ0n) is 14.5. The first kappa shape index (κ1) is 20.3. The summed E-state index contributed by atoms with van der Waals surface area (Å²) >= 11 is 0. The lowest BCUT2D eigenvalue weighted by Gasteiger charge is -2.16. The second kappa shape index (κ2) is 7.85. The van der Waals surface area contributed by atoms with Gasteiger partial charge in [0.05, 0.1) is 7.11 Å². The van der Waals surface area contributed by atoms with E-state index in [1.165, 1.54) is 7.11 Å². The molecule has 2 aromatic rings. The molecule has 0 aliphatic heterocycles. The van der Waals surface area contributed by atoms with E-state index < -0.39 is 10.0 Å². The lowest BCUT2D eigenvalue weighted by atomic mass is 9.98. The number of benzene rings is 1. The third kappa shape index (κ3) is 4.39. The fourth-order valence-electron chi connectivity index (χ4n) is 2.46. The highest BCUT2D eigenvalue weighted by molar-refractivity contribution is 7.92. The molecule has 0 unspecified atom stereocenters. The Balaban J connectivity index is 0.00000288. The smallest absolute Gasteiger partial charge is 0.266 e. The maximum Gasteiger partial charge on any atom is 0.266 e. The van der Waals surface area contributed by atoms with E-state index in [1.807, 2.05) is 20.8 Å². The van der Waals surface area contributed by atoms with Crippen LogP contribution in [0.3, 0.4) is 0 Å². The SMILES string of the molecule is COc1cc(C)c(C(C)C)cc1S(=O)(=O)Nc1cccc(C)n1.Cl. The number of methoxy groups -OCH3 is 1. The van der Waals surface area contributed by atoms with Gasteiger partial charge in [0, 0.05) is 5.69 Å². The van der Waals surface area contributed by atoms with Crippen LogP contribution in [0.4, 0.5) is 5.82 Å². The highest BCUT2D eigenvalue weighted by atomic mass is 35.5. The van der Waals surface area contributed by atoms with E-state index >= 15 is 0 Å². The molecule has 0 atom stereocenters. The second-order valence-corrected chi connectivity index (χ2v) is 7.43. The molecular formula is C17H23ClN2O3S. The van der Waals surface area contributed by atoms with Gasteiger partial charge in [0.2, 0.25) is 0 Å². The molecule has 1 aromatic carbocycles. The highest BCUT2D eigenvalue weighted by Crippen LogP contribution is 2.32. The van der Waals surface area contributed by atoms with Gasteiger partial charge >= 0.3 is 0 Å². The van der Waals surface area contributed by atoms with E-state index in [1.54, 1.807) is 37.3 Å². The molecule has 0 saturated heterocycles. The van der Waals surface area contributed by atoms with Crippen molar-refractivity contribution >= 4 is 28.2 Å². The maximum atomic E-state index is 12.7. The Morgan fingerprint density at radius 2 is 1.83 bits per heavy atom. The zero-order valence-corrected chi connectivity index (χ0v) is 16.1. The minimum atomic E-state index is -3.78. The Bertz CT molecular complexity index is 821. The number of ether oxygens (including phenoxy) is 1. The molecule has 24 heavy (non-hydrogen) atoms. The van der Waals surface area contributed by atoms with Gasteiger partial charge in [-0.05, 0) is 55.2 Å². The average Bonchev–Trinajstić information content (AvgIpc) is 2.45. The first-order valence-corrected chi connectivity index (χ1v) is 8.88. The third-order valence-corrected chi connectivity index (χ3v) is 4.97. The molecule has 132 valence electrons. The molecule has 0 radical (unpaired) electrons. The topological polar surface area (TPSA) is 68.3 Å². The number of anilines is 1. The van der Waals surface area contributed by atoms with E-state index in [4.69, 9.17) is 4.74 Å². The average molecular weight is 371 g/mol. The standard InChI is InChI=1S/C17H22N2O3S.ClH/c1-11(2)14-10-16(15(22-5)9-12(14)3)23(20,21)19-17-8-6-7-13(4)18-17;/h6-11H,1-5H3,(H,18,19);1H. The molecule has 0 fully saturated rings. The molecule has 7 heteroatoms. The number of sulfonamides is 1. The molecule has 1 heterocycles. The molecule has 0 saturated carbocycles. The molecular weight excluding hydrogens is 348 g/mol. The van der Waals surface area contributed by atoms with Crippen LogP contribution in [0.5, 0.6) is 5.75 Å². The summed E-state index contributed by atoms with van der Waals surface area (Å²) in [5, 5.41) is 0. The van der Waals surface area contributed by atoms with Crippen molar-refractivity contribution in [1.82, 2.24) is 4.98 Å². The van der Waals surface area contributed by atoms with Crippen LogP contribution in [-0.2, 0) is 10.0 Å². The number of hydrogen-bond acceptors (Lipinski definition) is 4. The van der Waals surface area contributed by atoms with E-state index in [-0.39, 0.29) is 23.2 Å². The Hall–Kier alpha value is -1.79. The lowest BCUT2D eigenvalue weighted by molar-refractivity contribution is 0.402. The molecule has 0 aliphatic rings. The van der Waals surface area contributed by atoms with Gasteiger partial charge in [-0.1, -0.05) is 19.9 Å². The first-order valence-electron chi connectivity index (χ1n) is 7.39. The van der Waals surface area contributed by atoms with Gasteiger partial charge in [-0.3, -0.25) is 4.72 Å². The van der Waals surface area contributed by atoms with Crippen molar-refractivity contribution in [3.63, 3.8) is 0 Å². The Labute approximate surface area is 149 Å². The Kier molecular flexibility index (Phi) is 6.63. The highest BCUT2D eigenvalue weighted by Gasteiger charge is 2.22. The second-order valence-electron chi connectivity index (χ2n) is 5.78. The van der Waals surface area contributed by atoms with Gasteiger partial charge in [-0.2, -0.15) is 0 Å². The minimum absolute atomic E-state index is 0. The van der Waals surface area contributed by atoms with Crippen LogP contribution in [0.15, 0.2) is 35.2 Å². The van der Waals surface area contributed by atoms with Gasteiger partial charge in [0.25, 0.3) is 10.0 Å². The summed E-state index contributed by atoms with van der Waals surface area (Å²) in [7, 11) is -2.32. The van der Waals surface area contributed by atoms with Crippen molar-refractivity contribution in [3.05, 3.63) is 47.2 Å². The van der Waals surface area contributed by atoms with Crippen molar-refractivity contribution in [2.24, 2.45) is 0 Å². The van der Waals surface area contributed by atoms with E-state index in [2.05, 4.69) is 9.71 Å². The van der Waals surface area contributed by atoms with Gasteiger partial charge in [-0.25, -0.2) is 13.4 Å². The number of rotatable bonds is 5. The number of halogens is 1. The molecule has 0 spiro atoms. The monoisotopic (exact) mass is 370 g/mol. The summed E-state index contributed by atoms with van der Waals surface area (Å²) in [6, 6.07) is 8.62. The molecule has 1 N–H and O–H groups in total. The maximum absolute atomic E-state index is 12.7. The zero-order chi connectivity index (χ0) is 17.2. The van der Waals surface area contributed by atoms with Crippen LogP contribution >= 0.6 is 12.4 Å². The van der Waals surface area contributed by atoms with Crippen molar-refractivity contribution in [1.29, 1.82) is 0 Å². The molecule has 0 aliphatic carbocycles. The molecule has 5 nitrogen and oxygen atoms in total. The van der Waals surface area contributed by atoms with Crippen LogP contribution < -0.4 is 9.46 Å². The number of aromatic nitrogens is 1. The van der Waals surface area contributed by atoms with Crippen molar-refractivity contribution in [2.75, 3.05) is 11.8 Å². The summed E-state index contributed by atoms with van der Waals surface area (Å²) < 4.78 is 33.3. The molecule has 0 amide bonds. The van der Waals surface area contributed by atoms with Crippen molar-refractivity contribution in [3.8, 4) is 5.75 Å². The fourth-order valence-corrected chi connectivity index (χ4v) is 3.65. The first-order chi connectivity index (χ1) is 10.7. The van der Waals surface area contributed by atoms with Crippen LogP contribution in [0.1, 0.15) is 36.6 Å².